The lowest BCUT2D eigenvalue weighted by molar-refractivity contribution is -0.145. The molecular formula is C20H17F3N4O4S. The highest BCUT2D eigenvalue weighted by atomic mass is 32.1. The molecule has 32 heavy (non-hydrogen) atoms. The number of hydrogen-bond acceptors (Lipinski definition) is 7. The summed E-state index contributed by atoms with van der Waals surface area (Å²) in [5.74, 6) is -1.87. The number of Topliss-reactive ketones (excluding diaryl/α,β-unsaturated/α-hetero) is 1. The Morgan fingerprint density at radius 1 is 1.31 bits per heavy atom. The van der Waals surface area contributed by atoms with Gasteiger partial charge in [-0.25, -0.2) is 14.8 Å². The van der Waals surface area contributed by atoms with Crippen LogP contribution >= 0.6 is 11.3 Å². The van der Waals surface area contributed by atoms with Crippen molar-refractivity contribution in [3.8, 4) is 5.13 Å². The van der Waals surface area contributed by atoms with E-state index >= 15 is 0 Å². The first kappa shape index (κ1) is 21.9. The number of carbonyl (C=O) groups is 2. The van der Waals surface area contributed by atoms with Gasteiger partial charge in [0, 0.05) is 37.3 Å². The summed E-state index contributed by atoms with van der Waals surface area (Å²) in [7, 11) is 0. The van der Waals surface area contributed by atoms with Gasteiger partial charge >= 0.3 is 12.1 Å². The van der Waals surface area contributed by atoms with Gasteiger partial charge in [-0.3, -0.25) is 14.2 Å². The number of fused-ring (bicyclic) bond motifs is 1. The molecule has 8 nitrogen and oxygen atoms in total. The number of carbonyl (C=O) groups excluding carboxylic acids is 1. The van der Waals surface area contributed by atoms with E-state index < -0.39 is 47.7 Å². The summed E-state index contributed by atoms with van der Waals surface area (Å²) in [6, 6.07) is 1.61. The molecule has 0 unspecified atom stereocenters. The zero-order chi connectivity index (χ0) is 23.2. The van der Waals surface area contributed by atoms with Crippen molar-refractivity contribution in [3.05, 3.63) is 45.2 Å². The minimum atomic E-state index is -4.37. The van der Waals surface area contributed by atoms with E-state index in [0.717, 1.165) is 0 Å². The van der Waals surface area contributed by atoms with Crippen LogP contribution in [0.5, 0.6) is 0 Å². The van der Waals surface area contributed by atoms with Crippen LogP contribution in [-0.4, -0.2) is 50.7 Å². The average molecular weight is 466 g/mol. The number of aromatic nitrogens is 3. The Bertz CT molecular complexity index is 1260. The minimum Gasteiger partial charge on any atom is -0.477 e. The standard InChI is InChI=1S/C20H17F3N4O4S/c1-10-6-14(26-7-11(8-26)13(28)2-3-20(21,22)23)25-17-15(10)16(29)12(18(30)31)9-27(17)19-24-4-5-32-19/h4-6,9,11H,2-3,7-8H2,1H3,(H,30,31). The summed E-state index contributed by atoms with van der Waals surface area (Å²) >= 11 is 1.24. The van der Waals surface area contributed by atoms with Gasteiger partial charge in [-0.05, 0) is 18.6 Å². The van der Waals surface area contributed by atoms with Gasteiger partial charge in [0.1, 0.15) is 17.2 Å². The maximum atomic E-state index is 12.8. The Balaban J connectivity index is 1.68. The van der Waals surface area contributed by atoms with Gasteiger partial charge in [0.05, 0.1) is 17.7 Å². The number of hydrogen-bond donors (Lipinski definition) is 1. The van der Waals surface area contributed by atoms with Crippen molar-refractivity contribution in [2.75, 3.05) is 18.0 Å². The van der Waals surface area contributed by atoms with Gasteiger partial charge in [-0.15, -0.1) is 11.3 Å². The van der Waals surface area contributed by atoms with E-state index in [-0.39, 0.29) is 24.1 Å². The fourth-order valence-corrected chi connectivity index (χ4v) is 4.23. The van der Waals surface area contributed by atoms with Crippen LogP contribution in [0.15, 0.2) is 28.6 Å². The van der Waals surface area contributed by atoms with Gasteiger partial charge in [0.15, 0.2) is 10.8 Å². The third-order valence-corrected chi connectivity index (χ3v) is 6.08. The molecule has 1 aliphatic rings. The number of aromatic carboxylic acids is 1. The number of ketones is 1. The fraction of sp³-hybridized carbons (Fsp3) is 0.350. The summed E-state index contributed by atoms with van der Waals surface area (Å²) in [6.07, 6.45) is -3.34. The average Bonchev–Trinajstić information content (AvgIpc) is 3.19. The second-order valence-corrected chi connectivity index (χ2v) is 8.41. The van der Waals surface area contributed by atoms with E-state index in [9.17, 15) is 32.7 Å². The molecule has 0 spiro atoms. The first-order valence-electron chi connectivity index (χ1n) is 9.59. The zero-order valence-corrected chi connectivity index (χ0v) is 17.5. The molecule has 12 heteroatoms. The highest BCUT2D eigenvalue weighted by Gasteiger charge is 2.36. The zero-order valence-electron chi connectivity index (χ0n) is 16.7. The molecule has 0 aliphatic carbocycles. The van der Waals surface area contributed by atoms with Gasteiger partial charge in [0.25, 0.3) is 0 Å². The molecule has 0 atom stereocenters. The van der Waals surface area contributed by atoms with Crippen LogP contribution in [0.4, 0.5) is 19.0 Å². The van der Waals surface area contributed by atoms with E-state index in [1.54, 1.807) is 23.3 Å². The minimum absolute atomic E-state index is 0.141. The number of pyridine rings is 2. The lowest BCUT2D eigenvalue weighted by Gasteiger charge is -2.39. The lowest BCUT2D eigenvalue weighted by Crippen LogP contribution is -2.51. The molecule has 3 aromatic rings. The Morgan fingerprint density at radius 2 is 2.03 bits per heavy atom. The molecule has 1 N–H and O–H groups in total. The monoisotopic (exact) mass is 466 g/mol. The van der Waals surface area contributed by atoms with Gasteiger partial charge in [-0.1, -0.05) is 0 Å². The number of aryl methyl sites for hydroxylation is 1. The molecule has 168 valence electrons. The molecule has 4 heterocycles. The summed E-state index contributed by atoms with van der Waals surface area (Å²) in [6.45, 7) is 2.10. The Labute approximate surface area is 182 Å². The topological polar surface area (TPSA) is 105 Å². The largest absolute Gasteiger partial charge is 0.477 e. The molecule has 1 fully saturated rings. The molecule has 0 radical (unpaired) electrons. The summed E-state index contributed by atoms with van der Waals surface area (Å²) in [5, 5.41) is 11.7. The quantitative estimate of drug-likeness (QED) is 0.595. The number of anilines is 1. The van der Waals surface area contributed by atoms with Crippen LogP contribution in [0, 0.1) is 12.8 Å². The maximum absolute atomic E-state index is 12.8. The Kier molecular flexibility index (Phi) is 5.49. The smallest absolute Gasteiger partial charge is 0.389 e. The molecule has 4 rings (SSSR count). The summed E-state index contributed by atoms with van der Waals surface area (Å²) < 4.78 is 38.5. The number of rotatable bonds is 6. The van der Waals surface area contributed by atoms with Crippen LogP contribution < -0.4 is 10.3 Å². The van der Waals surface area contributed by atoms with Crippen molar-refractivity contribution >= 4 is 39.9 Å². The Hall–Kier alpha value is -3.28. The SMILES string of the molecule is Cc1cc(N2CC(C(=O)CCC(F)(F)F)C2)nc2c1c(=O)c(C(=O)O)cn2-c1nccs1. The van der Waals surface area contributed by atoms with Crippen LogP contribution in [0.3, 0.4) is 0 Å². The van der Waals surface area contributed by atoms with Crippen LogP contribution in [0.2, 0.25) is 0 Å². The molecule has 0 bridgehead atoms. The molecule has 1 saturated heterocycles. The second-order valence-electron chi connectivity index (χ2n) is 7.54. The molecule has 0 aromatic carbocycles. The summed E-state index contributed by atoms with van der Waals surface area (Å²) in [5.41, 5.74) is -0.364. The first-order valence-corrected chi connectivity index (χ1v) is 10.5. The van der Waals surface area contributed by atoms with Crippen molar-refractivity contribution in [1.29, 1.82) is 0 Å². The van der Waals surface area contributed by atoms with Crippen molar-refractivity contribution in [1.82, 2.24) is 14.5 Å². The Morgan fingerprint density at radius 3 is 2.62 bits per heavy atom. The lowest BCUT2D eigenvalue weighted by atomic mass is 9.92. The van der Waals surface area contributed by atoms with E-state index in [2.05, 4.69) is 9.97 Å². The second kappa shape index (κ2) is 8.01. The third kappa shape index (κ3) is 4.09. The van der Waals surface area contributed by atoms with Gasteiger partial charge in [-0.2, -0.15) is 13.2 Å². The van der Waals surface area contributed by atoms with Gasteiger partial charge < -0.3 is 10.0 Å². The number of carboxylic acid groups (broad SMARTS) is 1. The normalized spacial score (nSPS) is 14.6. The van der Waals surface area contributed by atoms with Crippen molar-refractivity contribution in [2.24, 2.45) is 5.92 Å². The summed E-state index contributed by atoms with van der Waals surface area (Å²) in [4.78, 5) is 46.8. The molecule has 1 aliphatic heterocycles. The van der Waals surface area contributed by atoms with Crippen molar-refractivity contribution in [3.63, 3.8) is 0 Å². The molecule has 0 amide bonds. The van der Waals surface area contributed by atoms with Crippen LogP contribution in [-0.2, 0) is 4.79 Å². The fourth-order valence-electron chi connectivity index (χ4n) is 3.61. The third-order valence-electron chi connectivity index (χ3n) is 5.31. The number of thiazole rings is 1. The number of nitrogens with zero attached hydrogens (tertiary/aromatic N) is 4. The molecule has 3 aromatic heterocycles. The first-order chi connectivity index (χ1) is 15.0. The predicted octanol–water partition coefficient (Wildman–Crippen LogP) is 3.20. The van der Waals surface area contributed by atoms with Crippen molar-refractivity contribution < 1.29 is 27.9 Å². The maximum Gasteiger partial charge on any atom is 0.389 e. The van der Waals surface area contributed by atoms with E-state index in [0.29, 0.717) is 16.5 Å². The van der Waals surface area contributed by atoms with E-state index in [1.807, 2.05) is 0 Å². The highest BCUT2D eigenvalue weighted by molar-refractivity contribution is 7.12. The number of halogens is 3. The van der Waals surface area contributed by atoms with Crippen molar-refractivity contribution in [2.45, 2.75) is 25.9 Å². The van der Waals surface area contributed by atoms with Crippen LogP contribution in [0.1, 0.15) is 28.8 Å². The van der Waals surface area contributed by atoms with Crippen LogP contribution in [0.25, 0.3) is 16.2 Å². The molecular weight excluding hydrogens is 449 g/mol. The number of carboxylic acids is 1. The number of alkyl halides is 3. The predicted molar refractivity (Wildman–Crippen MR) is 111 cm³/mol. The molecule has 0 saturated carbocycles. The highest BCUT2D eigenvalue weighted by Crippen LogP contribution is 2.30. The van der Waals surface area contributed by atoms with Gasteiger partial charge in [0.2, 0.25) is 5.43 Å². The van der Waals surface area contributed by atoms with E-state index in [4.69, 9.17) is 0 Å². The van der Waals surface area contributed by atoms with E-state index in [1.165, 1.54) is 28.3 Å².